The molecule has 0 atom stereocenters. The van der Waals surface area contributed by atoms with Gasteiger partial charge in [-0.25, -0.2) is 0 Å². The lowest BCUT2D eigenvalue weighted by atomic mass is 10.1. The fourth-order valence-electron chi connectivity index (χ4n) is 3.91. The second-order valence-electron chi connectivity index (χ2n) is 8.30. The van der Waals surface area contributed by atoms with Crippen LogP contribution >= 0.6 is 0 Å². The summed E-state index contributed by atoms with van der Waals surface area (Å²) in [6.45, 7) is 4.04. The van der Waals surface area contributed by atoms with Gasteiger partial charge in [-0.15, -0.1) is 18.3 Å². The van der Waals surface area contributed by atoms with Crippen LogP contribution in [-0.2, 0) is 19.9 Å². The molecule has 33 heavy (non-hydrogen) atoms. The number of hydrogen-bond donors (Lipinski definition) is 1. The van der Waals surface area contributed by atoms with Crippen molar-refractivity contribution >= 4 is 11.5 Å². The summed E-state index contributed by atoms with van der Waals surface area (Å²) in [6.07, 6.45) is -1.05. The molecule has 0 saturated heterocycles. The van der Waals surface area contributed by atoms with Crippen molar-refractivity contribution in [3.05, 3.63) is 73.9 Å². The zero-order chi connectivity index (χ0) is 23.9. The van der Waals surface area contributed by atoms with Crippen LogP contribution in [0.2, 0.25) is 0 Å². The third-order valence-electron chi connectivity index (χ3n) is 5.59. The molecule has 4 rings (SSSR count). The smallest absolute Gasteiger partial charge is 0.406 e. The van der Waals surface area contributed by atoms with E-state index in [9.17, 15) is 22.8 Å². The molecule has 0 saturated carbocycles. The number of halogens is 3. The van der Waals surface area contributed by atoms with Gasteiger partial charge in [0.25, 0.3) is 11.1 Å². The van der Waals surface area contributed by atoms with Crippen molar-refractivity contribution < 1.29 is 17.9 Å². The van der Waals surface area contributed by atoms with E-state index in [-0.39, 0.29) is 22.7 Å². The summed E-state index contributed by atoms with van der Waals surface area (Å²) in [5.41, 5.74) is 2.36. The van der Waals surface area contributed by atoms with Crippen molar-refractivity contribution in [2.24, 2.45) is 7.05 Å². The van der Waals surface area contributed by atoms with Crippen LogP contribution in [0.3, 0.4) is 0 Å². The zero-order valence-corrected chi connectivity index (χ0v) is 18.4. The average Bonchev–Trinajstić information content (AvgIpc) is 3.23. The van der Waals surface area contributed by atoms with Gasteiger partial charge in [0.15, 0.2) is 5.82 Å². The first-order valence-electron chi connectivity index (χ1n) is 10.5. The van der Waals surface area contributed by atoms with Crippen molar-refractivity contribution in [2.45, 2.75) is 45.4 Å². The maximum absolute atomic E-state index is 13.0. The van der Waals surface area contributed by atoms with E-state index in [1.165, 1.54) is 16.7 Å². The van der Waals surface area contributed by atoms with E-state index in [2.05, 4.69) is 15.2 Å². The zero-order valence-electron chi connectivity index (χ0n) is 18.4. The number of ether oxygens (including phenoxy) is 1. The third kappa shape index (κ3) is 4.64. The van der Waals surface area contributed by atoms with Crippen molar-refractivity contribution in [3.8, 4) is 11.4 Å². The molecule has 0 unspecified atom stereocenters. The minimum Gasteiger partial charge on any atom is -0.406 e. The van der Waals surface area contributed by atoms with Crippen molar-refractivity contribution in [1.29, 1.82) is 0 Å². The molecule has 2 heterocycles. The highest BCUT2D eigenvalue weighted by Crippen LogP contribution is 2.28. The highest BCUT2D eigenvalue weighted by atomic mass is 19.4. The number of pyridine rings is 1. The standard InChI is InChI=1S/C23H23F3N4O3/c1-13(2)14-11-19(22(32)29(3)12-14)27-20-17-5-4-6-18(17)21(31)30(28-20)15-7-9-16(10-8-15)33-23(24,25)26/h7-13H,4-6H2,1-3H3,(H,27,28). The molecule has 1 N–H and O–H groups in total. The van der Waals surface area contributed by atoms with Crippen molar-refractivity contribution in [2.75, 3.05) is 5.32 Å². The first-order valence-corrected chi connectivity index (χ1v) is 10.5. The van der Waals surface area contributed by atoms with E-state index in [1.807, 2.05) is 13.8 Å². The van der Waals surface area contributed by atoms with Crippen LogP contribution in [0, 0.1) is 0 Å². The number of alkyl halides is 3. The molecule has 3 aromatic rings. The number of nitrogens with zero attached hydrogens (tertiary/aromatic N) is 3. The maximum atomic E-state index is 13.0. The summed E-state index contributed by atoms with van der Waals surface area (Å²) in [7, 11) is 1.67. The van der Waals surface area contributed by atoms with Crippen LogP contribution in [0.25, 0.3) is 5.69 Å². The Morgan fingerprint density at radius 2 is 1.73 bits per heavy atom. The number of hydrogen-bond acceptors (Lipinski definition) is 5. The van der Waals surface area contributed by atoms with Crippen molar-refractivity contribution in [3.63, 3.8) is 0 Å². The molecule has 0 spiro atoms. The van der Waals surface area contributed by atoms with Crippen molar-refractivity contribution in [1.82, 2.24) is 14.3 Å². The van der Waals surface area contributed by atoms with Gasteiger partial charge in [-0.1, -0.05) is 13.8 Å². The number of rotatable bonds is 5. The molecule has 0 radical (unpaired) electrons. The highest BCUT2D eigenvalue weighted by molar-refractivity contribution is 5.61. The van der Waals surface area contributed by atoms with Gasteiger partial charge in [-0.2, -0.15) is 4.68 Å². The maximum Gasteiger partial charge on any atom is 0.573 e. The van der Waals surface area contributed by atoms with Gasteiger partial charge in [0.2, 0.25) is 0 Å². The summed E-state index contributed by atoms with van der Waals surface area (Å²) >= 11 is 0. The summed E-state index contributed by atoms with van der Waals surface area (Å²) in [5.74, 6) is 0.186. The topological polar surface area (TPSA) is 78.2 Å². The van der Waals surface area contributed by atoms with E-state index >= 15 is 0 Å². The van der Waals surface area contributed by atoms with Crippen LogP contribution in [0.4, 0.5) is 24.7 Å². The summed E-state index contributed by atoms with van der Waals surface area (Å²) in [5, 5.41) is 7.55. The summed E-state index contributed by atoms with van der Waals surface area (Å²) < 4.78 is 43.9. The quantitative estimate of drug-likeness (QED) is 0.618. The molecule has 1 aromatic carbocycles. The second kappa shape index (κ2) is 8.42. The van der Waals surface area contributed by atoms with Gasteiger partial charge in [0, 0.05) is 24.4 Å². The number of anilines is 2. The molecule has 0 bridgehead atoms. The Balaban J connectivity index is 1.78. The minimum atomic E-state index is -4.81. The van der Waals surface area contributed by atoms with Gasteiger partial charge < -0.3 is 14.6 Å². The highest BCUT2D eigenvalue weighted by Gasteiger charge is 2.31. The van der Waals surface area contributed by atoms with Gasteiger partial charge in [-0.05, 0) is 61.1 Å². The lowest BCUT2D eigenvalue weighted by Crippen LogP contribution is -2.27. The molecule has 0 aliphatic heterocycles. The Bertz CT molecular complexity index is 1310. The monoisotopic (exact) mass is 460 g/mol. The molecule has 0 amide bonds. The number of fused-ring (bicyclic) bond motifs is 1. The predicted molar refractivity (Wildman–Crippen MR) is 118 cm³/mol. The number of benzene rings is 1. The Hall–Kier alpha value is -3.56. The average molecular weight is 460 g/mol. The van der Waals surface area contributed by atoms with E-state index < -0.39 is 12.1 Å². The molecule has 1 aliphatic rings. The normalized spacial score (nSPS) is 13.3. The van der Waals surface area contributed by atoms with Crippen LogP contribution < -0.4 is 21.2 Å². The van der Waals surface area contributed by atoms with E-state index in [0.717, 1.165) is 34.4 Å². The fraction of sp³-hybridized carbons (Fsp3) is 0.348. The van der Waals surface area contributed by atoms with Crippen LogP contribution in [0.1, 0.15) is 42.9 Å². The van der Waals surface area contributed by atoms with Crippen LogP contribution in [-0.4, -0.2) is 20.7 Å². The SMILES string of the molecule is CC(C)c1cc(Nc2nn(-c3ccc(OC(F)(F)F)cc3)c(=O)c3c2CCC3)c(=O)n(C)c1. The number of nitrogens with one attached hydrogen (secondary N) is 1. The number of aromatic nitrogens is 3. The fourth-order valence-corrected chi connectivity index (χ4v) is 3.91. The first-order chi connectivity index (χ1) is 15.5. The molecule has 174 valence electrons. The minimum absolute atomic E-state index is 0.197. The largest absolute Gasteiger partial charge is 0.573 e. The van der Waals surface area contributed by atoms with E-state index in [0.29, 0.717) is 29.9 Å². The first kappa shape index (κ1) is 22.6. The second-order valence-corrected chi connectivity index (χ2v) is 8.30. The molecule has 1 aliphatic carbocycles. The molecular formula is C23H23F3N4O3. The molecule has 0 fully saturated rings. The molecule has 10 heteroatoms. The van der Waals surface area contributed by atoms with Crippen LogP contribution in [0.15, 0.2) is 46.1 Å². The molecule has 2 aromatic heterocycles. The number of aryl methyl sites for hydroxylation is 1. The summed E-state index contributed by atoms with van der Waals surface area (Å²) in [4.78, 5) is 25.8. The van der Waals surface area contributed by atoms with Gasteiger partial charge >= 0.3 is 6.36 Å². The molecule has 7 nitrogen and oxygen atoms in total. The van der Waals surface area contributed by atoms with E-state index in [1.54, 1.807) is 19.3 Å². The Morgan fingerprint density at radius 3 is 2.36 bits per heavy atom. The Kier molecular flexibility index (Phi) is 5.77. The lowest BCUT2D eigenvalue weighted by molar-refractivity contribution is -0.274. The van der Waals surface area contributed by atoms with Gasteiger partial charge in [-0.3, -0.25) is 9.59 Å². The molecular weight excluding hydrogens is 437 g/mol. The van der Waals surface area contributed by atoms with E-state index in [4.69, 9.17) is 0 Å². The predicted octanol–water partition coefficient (Wildman–Crippen LogP) is 4.19. The van der Waals surface area contributed by atoms with Gasteiger partial charge in [0.1, 0.15) is 11.4 Å². The Morgan fingerprint density at radius 1 is 1.06 bits per heavy atom. The van der Waals surface area contributed by atoms with Gasteiger partial charge in [0.05, 0.1) is 5.69 Å². The Labute approximate surface area is 187 Å². The lowest BCUT2D eigenvalue weighted by Gasteiger charge is -2.16. The summed E-state index contributed by atoms with van der Waals surface area (Å²) in [6, 6.07) is 6.69. The third-order valence-corrected chi connectivity index (χ3v) is 5.59. The van der Waals surface area contributed by atoms with Crippen LogP contribution in [0.5, 0.6) is 5.75 Å².